The molecule has 0 aromatic heterocycles. The van der Waals surface area contributed by atoms with Gasteiger partial charge in [0.15, 0.2) is 0 Å². The van der Waals surface area contributed by atoms with E-state index in [0.717, 1.165) is 45.7 Å². The quantitative estimate of drug-likeness (QED) is 0.372. The molecule has 0 unspecified atom stereocenters. The largest absolute Gasteiger partial charge is 0.381 e. The summed E-state index contributed by atoms with van der Waals surface area (Å²) in [5.41, 5.74) is 5.43. The molecule has 0 aromatic rings. The fraction of sp³-hybridized carbons (Fsp3) is 1.00. The van der Waals surface area contributed by atoms with Gasteiger partial charge in [0.05, 0.1) is 0 Å². The van der Waals surface area contributed by atoms with Crippen LogP contribution >= 0.6 is 0 Å². The first kappa shape index (κ1) is 20.9. The van der Waals surface area contributed by atoms with Gasteiger partial charge in [0.25, 0.3) is 0 Å². The molecule has 0 aliphatic rings. The van der Waals surface area contributed by atoms with E-state index in [4.69, 9.17) is 10.5 Å². The topological polar surface area (TPSA) is 47.3 Å². The van der Waals surface area contributed by atoms with E-state index in [0.29, 0.717) is 0 Å². The Labute approximate surface area is 133 Å². The normalized spacial score (nSPS) is 11.1. The summed E-state index contributed by atoms with van der Waals surface area (Å²) in [5.74, 6) is 0. The summed E-state index contributed by atoms with van der Waals surface area (Å²) >= 11 is 0. The summed E-state index contributed by atoms with van der Waals surface area (Å²) in [4.78, 5) is 0. The van der Waals surface area contributed by atoms with E-state index in [1.807, 2.05) is 0 Å². The van der Waals surface area contributed by atoms with Crippen molar-refractivity contribution in [3.05, 3.63) is 0 Å². The number of hydrogen-bond donors (Lipinski definition) is 2. The van der Waals surface area contributed by atoms with Gasteiger partial charge in [-0.1, -0.05) is 64.7 Å². The summed E-state index contributed by atoms with van der Waals surface area (Å²) in [7, 11) is 0. The monoisotopic (exact) mass is 300 g/mol. The van der Waals surface area contributed by atoms with Gasteiger partial charge in [-0.2, -0.15) is 0 Å². The lowest BCUT2D eigenvalue weighted by Gasteiger charge is -2.06. The Morgan fingerprint density at radius 1 is 0.667 bits per heavy atom. The molecule has 0 aliphatic carbocycles. The van der Waals surface area contributed by atoms with Crippen LogP contribution in [0.4, 0.5) is 0 Å². The van der Waals surface area contributed by atoms with E-state index < -0.39 is 0 Å². The molecule has 0 atom stereocenters. The van der Waals surface area contributed by atoms with E-state index in [2.05, 4.69) is 12.2 Å². The Hall–Kier alpha value is -0.120. The van der Waals surface area contributed by atoms with E-state index in [1.54, 1.807) is 0 Å². The van der Waals surface area contributed by atoms with Crippen molar-refractivity contribution in [2.45, 2.75) is 84.0 Å². The van der Waals surface area contributed by atoms with Crippen LogP contribution in [-0.4, -0.2) is 32.8 Å². The lowest BCUT2D eigenvalue weighted by Crippen LogP contribution is -2.20. The van der Waals surface area contributed by atoms with Crippen molar-refractivity contribution in [2.24, 2.45) is 5.73 Å². The van der Waals surface area contributed by atoms with Gasteiger partial charge in [-0.25, -0.2) is 0 Å². The highest BCUT2D eigenvalue weighted by atomic mass is 16.5. The van der Waals surface area contributed by atoms with Gasteiger partial charge in [-0.15, -0.1) is 0 Å². The predicted molar refractivity (Wildman–Crippen MR) is 93.8 cm³/mol. The van der Waals surface area contributed by atoms with Crippen LogP contribution in [0.15, 0.2) is 0 Å². The molecule has 0 aromatic carbocycles. The average molecular weight is 301 g/mol. The van der Waals surface area contributed by atoms with E-state index >= 15 is 0 Å². The van der Waals surface area contributed by atoms with Crippen LogP contribution in [-0.2, 0) is 4.74 Å². The van der Waals surface area contributed by atoms with Crippen molar-refractivity contribution in [3.63, 3.8) is 0 Å². The molecular formula is C18H40N2O. The first-order chi connectivity index (χ1) is 10.4. The number of nitrogens with two attached hydrogens (primary N) is 1. The van der Waals surface area contributed by atoms with Crippen LogP contribution in [0.1, 0.15) is 84.0 Å². The highest BCUT2D eigenvalue weighted by Crippen LogP contribution is 2.10. The molecule has 0 amide bonds. The molecule has 0 bridgehead atoms. The molecule has 3 N–H and O–H groups in total. The summed E-state index contributed by atoms with van der Waals surface area (Å²) in [6, 6.07) is 0. The third-order valence-electron chi connectivity index (χ3n) is 3.84. The highest BCUT2D eigenvalue weighted by molar-refractivity contribution is 4.49. The number of unbranched alkanes of at least 4 members (excludes halogenated alkanes) is 9. The number of nitrogens with one attached hydrogen (secondary N) is 1. The highest BCUT2D eigenvalue weighted by Gasteiger charge is 1.93. The zero-order chi connectivity index (χ0) is 15.4. The fourth-order valence-corrected chi connectivity index (χ4v) is 2.44. The molecule has 0 aliphatic heterocycles. The zero-order valence-electron chi connectivity index (χ0n) is 14.5. The molecule has 3 nitrogen and oxygen atoms in total. The van der Waals surface area contributed by atoms with Crippen LogP contribution in [0.3, 0.4) is 0 Å². The second-order valence-corrected chi connectivity index (χ2v) is 6.04. The lowest BCUT2D eigenvalue weighted by molar-refractivity contribution is 0.127. The maximum Gasteiger partial charge on any atom is 0.0478 e. The van der Waals surface area contributed by atoms with Gasteiger partial charge in [-0.3, -0.25) is 0 Å². The maximum atomic E-state index is 5.65. The van der Waals surface area contributed by atoms with E-state index in [-0.39, 0.29) is 0 Å². The first-order valence-corrected chi connectivity index (χ1v) is 9.40. The molecule has 21 heavy (non-hydrogen) atoms. The van der Waals surface area contributed by atoms with Gasteiger partial charge in [-0.05, 0) is 38.9 Å². The van der Waals surface area contributed by atoms with Gasteiger partial charge >= 0.3 is 0 Å². The SMILES string of the molecule is CCCCCCCCCCCCOCCCNCCCN. The summed E-state index contributed by atoms with van der Waals surface area (Å²) in [6.45, 7) is 6.99. The molecule has 0 heterocycles. The summed E-state index contributed by atoms with van der Waals surface area (Å²) in [5, 5.41) is 3.37. The predicted octanol–water partition coefficient (Wildman–Crippen LogP) is 4.25. The minimum atomic E-state index is 0.780. The Kier molecular flexibility index (Phi) is 19.8. The van der Waals surface area contributed by atoms with Crippen LogP contribution in [0.25, 0.3) is 0 Å². The smallest absolute Gasteiger partial charge is 0.0478 e. The minimum absolute atomic E-state index is 0.780. The van der Waals surface area contributed by atoms with Crippen LogP contribution in [0.2, 0.25) is 0 Å². The Bertz CT molecular complexity index is 159. The Balaban J connectivity index is 2.90. The van der Waals surface area contributed by atoms with Crippen molar-refractivity contribution in [2.75, 3.05) is 32.8 Å². The van der Waals surface area contributed by atoms with Crippen LogP contribution < -0.4 is 11.1 Å². The van der Waals surface area contributed by atoms with Gasteiger partial charge < -0.3 is 15.8 Å². The van der Waals surface area contributed by atoms with Crippen molar-refractivity contribution in [1.29, 1.82) is 0 Å². The second-order valence-electron chi connectivity index (χ2n) is 6.04. The van der Waals surface area contributed by atoms with Crippen LogP contribution in [0.5, 0.6) is 0 Å². The first-order valence-electron chi connectivity index (χ1n) is 9.40. The zero-order valence-corrected chi connectivity index (χ0v) is 14.5. The second kappa shape index (κ2) is 19.9. The van der Waals surface area contributed by atoms with E-state index in [1.165, 1.54) is 64.2 Å². The van der Waals surface area contributed by atoms with Gasteiger partial charge in [0.2, 0.25) is 0 Å². The molecule has 0 radical (unpaired) electrons. The van der Waals surface area contributed by atoms with Crippen molar-refractivity contribution in [3.8, 4) is 0 Å². The molecule has 0 saturated heterocycles. The van der Waals surface area contributed by atoms with Crippen LogP contribution in [0, 0.1) is 0 Å². The average Bonchev–Trinajstić information content (AvgIpc) is 2.50. The maximum absolute atomic E-state index is 5.65. The molecule has 3 heteroatoms. The number of rotatable bonds is 18. The van der Waals surface area contributed by atoms with E-state index in [9.17, 15) is 0 Å². The molecule has 128 valence electrons. The summed E-state index contributed by atoms with van der Waals surface area (Å²) in [6.07, 6.45) is 16.1. The molecule has 0 spiro atoms. The summed E-state index contributed by atoms with van der Waals surface area (Å²) < 4.78 is 5.65. The fourth-order valence-electron chi connectivity index (χ4n) is 2.44. The lowest BCUT2D eigenvalue weighted by atomic mass is 10.1. The minimum Gasteiger partial charge on any atom is -0.381 e. The Morgan fingerprint density at radius 3 is 1.81 bits per heavy atom. The molecule has 0 saturated carbocycles. The molecular weight excluding hydrogens is 260 g/mol. The molecule has 0 rings (SSSR count). The number of ether oxygens (including phenoxy) is 1. The third-order valence-corrected chi connectivity index (χ3v) is 3.84. The third kappa shape index (κ3) is 19.9. The van der Waals surface area contributed by atoms with Gasteiger partial charge in [0, 0.05) is 13.2 Å². The Morgan fingerprint density at radius 2 is 1.19 bits per heavy atom. The molecule has 0 fully saturated rings. The standard InChI is InChI=1S/C18H40N2O/c1-2-3-4-5-6-7-8-9-10-11-17-21-18-13-16-20-15-12-14-19/h20H,2-19H2,1H3. The number of hydrogen-bond acceptors (Lipinski definition) is 3. The van der Waals surface area contributed by atoms with Crippen molar-refractivity contribution in [1.82, 2.24) is 5.32 Å². The van der Waals surface area contributed by atoms with Crippen molar-refractivity contribution >= 4 is 0 Å². The van der Waals surface area contributed by atoms with Gasteiger partial charge in [0.1, 0.15) is 0 Å². The van der Waals surface area contributed by atoms with Crippen molar-refractivity contribution < 1.29 is 4.74 Å².